The highest BCUT2D eigenvalue weighted by atomic mass is 16.5. The molecule has 1 aromatic carbocycles. The van der Waals surface area contributed by atoms with Crippen molar-refractivity contribution in [3.8, 4) is 11.8 Å². The van der Waals surface area contributed by atoms with Gasteiger partial charge in [-0.1, -0.05) is 12.1 Å². The van der Waals surface area contributed by atoms with Crippen molar-refractivity contribution in [2.24, 2.45) is 0 Å². The van der Waals surface area contributed by atoms with E-state index in [1.54, 1.807) is 18.5 Å². The first-order valence-corrected chi connectivity index (χ1v) is 10.4. The molecule has 0 unspecified atom stereocenters. The number of aromatic nitrogens is 2. The molecular weight excluding hydrogens is 380 g/mol. The number of hydrogen-bond acceptors (Lipinski definition) is 7. The molecule has 30 heavy (non-hydrogen) atoms. The zero-order valence-electron chi connectivity index (χ0n) is 17.3. The van der Waals surface area contributed by atoms with E-state index in [9.17, 15) is 5.11 Å². The van der Waals surface area contributed by atoms with E-state index in [1.165, 1.54) is 5.56 Å². The van der Waals surface area contributed by atoms with Gasteiger partial charge in [0.15, 0.2) is 0 Å². The molecule has 1 atom stereocenters. The van der Waals surface area contributed by atoms with Gasteiger partial charge >= 0.3 is 6.01 Å². The van der Waals surface area contributed by atoms with Gasteiger partial charge in [-0.25, -0.2) is 9.97 Å². The summed E-state index contributed by atoms with van der Waals surface area (Å²) in [6.45, 7) is 6.69. The molecule has 1 saturated heterocycles. The molecule has 7 nitrogen and oxygen atoms in total. The number of ether oxygens (including phenoxy) is 1. The lowest BCUT2D eigenvalue weighted by Gasteiger charge is -2.41. The third kappa shape index (κ3) is 5.44. The van der Waals surface area contributed by atoms with Crippen LogP contribution in [0.2, 0.25) is 0 Å². The van der Waals surface area contributed by atoms with Crippen LogP contribution >= 0.6 is 0 Å². The van der Waals surface area contributed by atoms with E-state index in [1.807, 2.05) is 31.2 Å². The number of aliphatic hydroxyl groups excluding tert-OH is 1. The predicted octanol–water partition coefficient (Wildman–Crippen LogP) is 3.24. The van der Waals surface area contributed by atoms with Crippen LogP contribution < -0.4 is 4.74 Å². The summed E-state index contributed by atoms with van der Waals surface area (Å²) in [4.78, 5) is 13.0. The van der Waals surface area contributed by atoms with Crippen LogP contribution in [0.5, 0.6) is 11.8 Å². The Morgan fingerprint density at radius 2 is 1.87 bits per heavy atom. The molecule has 1 aliphatic heterocycles. The van der Waals surface area contributed by atoms with Gasteiger partial charge in [0.05, 0.1) is 6.54 Å². The summed E-state index contributed by atoms with van der Waals surface area (Å²) in [5, 5.41) is 9.54. The summed E-state index contributed by atoms with van der Waals surface area (Å²) < 4.78 is 11.4. The minimum atomic E-state index is 0.194. The second kappa shape index (κ2) is 9.84. The maximum absolute atomic E-state index is 9.54. The molecule has 7 heteroatoms. The SMILES string of the molecule is Cc1ccc(CN2CCN(Cc3ccc(Oc4ncccn4)cc3)C[C@H]2CCO)o1. The van der Waals surface area contributed by atoms with Crippen molar-refractivity contribution >= 4 is 0 Å². The van der Waals surface area contributed by atoms with Crippen LogP contribution in [-0.2, 0) is 13.1 Å². The Morgan fingerprint density at radius 1 is 1.07 bits per heavy atom. The summed E-state index contributed by atoms with van der Waals surface area (Å²) in [5.74, 6) is 2.65. The van der Waals surface area contributed by atoms with Crippen molar-refractivity contribution in [2.75, 3.05) is 26.2 Å². The Balaban J connectivity index is 1.33. The van der Waals surface area contributed by atoms with Gasteiger partial charge in [0.25, 0.3) is 0 Å². The van der Waals surface area contributed by atoms with E-state index < -0.39 is 0 Å². The van der Waals surface area contributed by atoms with Gasteiger partial charge in [0.2, 0.25) is 0 Å². The van der Waals surface area contributed by atoms with Crippen LogP contribution in [0.1, 0.15) is 23.5 Å². The zero-order valence-corrected chi connectivity index (χ0v) is 17.3. The molecule has 0 bridgehead atoms. The van der Waals surface area contributed by atoms with Crippen LogP contribution in [0.15, 0.2) is 59.3 Å². The zero-order chi connectivity index (χ0) is 20.8. The second-order valence-electron chi connectivity index (χ2n) is 7.66. The van der Waals surface area contributed by atoms with Crippen molar-refractivity contribution in [3.63, 3.8) is 0 Å². The smallest absolute Gasteiger partial charge is 0.321 e. The number of aliphatic hydroxyl groups is 1. The van der Waals surface area contributed by atoms with E-state index >= 15 is 0 Å². The van der Waals surface area contributed by atoms with E-state index in [0.717, 1.165) is 56.4 Å². The van der Waals surface area contributed by atoms with Crippen molar-refractivity contribution in [3.05, 3.63) is 71.9 Å². The fourth-order valence-electron chi connectivity index (χ4n) is 3.87. The maximum atomic E-state index is 9.54. The summed E-state index contributed by atoms with van der Waals surface area (Å²) >= 11 is 0. The lowest BCUT2D eigenvalue weighted by molar-refractivity contribution is 0.0454. The fourth-order valence-corrected chi connectivity index (χ4v) is 3.87. The summed E-state index contributed by atoms with van der Waals surface area (Å²) in [7, 11) is 0. The predicted molar refractivity (Wildman–Crippen MR) is 113 cm³/mol. The van der Waals surface area contributed by atoms with Gasteiger partial charge in [0.1, 0.15) is 17.3 Å². The highest BCUT2D eigenvalue weighted by Gasteiger charge is 2.27. The fraction of sp³-hybridized carbons (Fsp3) is 0.391. The normalized spacial score (nSPS) is 17.9. The minimum absolute atomic E-state index is 0.194. The first kappa shape index (κ1) is 20.5. The number of furan rings is 1. The van der Waals surface area contributed by atoms with Crippen LogP contribution in [0, 0.1) is 6.92 Å². The van der Waals surface area contributed by atoms with E-state index in [2.05, 4.69) is 31.9 Å². The maximum Gasteiger partial charge on any atom is 0.321 e. The van der Waals surface area contributed by atoms with E-state index in [0.29, 0.717) is 12.1 Å². The second-order valence-corrected chi connectivity index (χ2v) is 7.66. The molecule has 0 radical (unpaired) electrons. The molecule has 158 valence electrons. The first-order chi connectivity index (χ1) is 14.7. The Kier molecular flexibility index (Phi) is 6.74. The quantitative estimate of drug-likeness (QED) is 0.613. The first-order valence-electron chi connectivity index (χ1n) is 10.4. The number of benzene rings is 1. The largest absolute Gasteiger partial charge is 0.465 e. The average Bonchev–Trinajstić information content (AvgIpc) is 3.17. The molecule has 2 aromatic heterocycles. The van der Waals surface area contributed by atoms with Crippen LogP contribution in [-0.4, -0.2) is 57.2 Å². The van der Waals surface area contributed by atoms with Gasteiger partial charge in [0, 0.05) is 51.2 Å². The van der Waals surface area contributed by atoms with Crippen molar-refractivity contribution in [1.29, 1.82) is 0 Å². The van der Waals surface area contributed by atoms with Crippen LogP contribution in [0.25, 0.3) is 0 Å². The van der Waals surface area contributed by atoms with Crippen LogP contribution in [0.3, 0.4) is 0 Å². The van der Waals surface area contributed by atoms with Gasteiger partial charge < -0.3 is 14.3 Å². The summed E-state index contributed by atoms with van der Waals surface area (Å²) in [6, 6.07) is 14.5. The van der Waals surface area contributed by atoms with Gasteiger partial charge in [-0.2, -0.15) is 0 Å². The van der Waals surface area contributed by atoms with Gasteiger partial charge in [-0.3, -0.25) is 9.80 Å². The highest BCUT2D eigenvalue weighted by Crippen LogP contribution is 2.21. The monoisotopic (exact) mass is 408 g/mol. The molecular formula is C23H28N4O3. The Morgan fingerprint density at radius 3 is 2.57 bits per heavy atom. The standard InChI is InChI=1S/C23H28N4O3/c1-18-3-6-22(29-18)17-27-13-12-26(16-20(27)9-14-28)15-19-4-7-21(8-5-19)30-23-24-10-2-11-25-23/h2-8,10-11,20,28H,9,12-17H2,1H3/t20-/m1/s1. The van der Waals surface area contributed by atoms with Gasteiger partial charge in [-0.05, 0) is 49.2 Å². The van der Waals surface area contributed by atoms with E-state index in [-0.39, 0.29) is 6.61 Å². The molecule has 0 aliphatic carbocycles. The number of piperazine rings is 1. The molecule has 1 N–H and O–H groups in total. The highest BCUT2D eigenvalue weighted by molar-refractivity contribution is 5.29. The lowest BCUT2D eigenvalue weighted by Crippen LogP contribution is -2.52. The molecule has 3 aromatic rings. The molecule has 4 rings (SSSR count). The number of rotatable bonds is 8. The third-order valence-corrected chi connectivity index (χ3v) is 5.39. The summed E-state index contributed by atoms with van der Waals surface area (Å²) in [6.07, 6.45) is 4.08. The Labute approximate surface area is 176 Å². The Hall–Kier alpha value is -2.74. The molecule has 0 saturated carbocycles. The Bertz CT molecular complexity index is 914. The van der Waals surface area contributed by atoms with Crippen molar-refractivity contribution < 1.29 is 14.3 Å². The van der Waals surface area contributed by atoms with Crippen LogP contribution in [0.4, 0.5) is 0 Å². The molecule has 3 heterocycles. The molecule has 1 aliphatic rings. The summed E-state index contributed by atoms with van der Waals surface area (Å²) in [5.41, 5.74) is 1.23. The number of aryl methyl sites for hydroxylation is 1. The van der Waals surface area contributed by atoms with E-state index in [4.69, 9.17) is 9.15 Å². The van der Waals surface area contributed by atoms with Gasteiger partial charge in [-0.15, -0.1) is 0 Å². The number of hydrogen-bond donors (Lipinski definition) is 1. The topological polar surface area (TPSA) is 74.9 Å². The average molecular weight is 409 g/mol. The van der Waals surface area contributed by atoms with Crippen molar-refractivity contribution in [2.45, 2.75) is 32.5 Å². The third-order valence-electron chi connectivity index (χ3n) is 5.39. The minimum Gasteiger partial charge on any atom is -0.465 e. The van der Waals surface area contributed by atoms with Crippen molar-refractivity contribution in [1.82, 2.24) is 19.8 Å². The lowest BCUT2D eigenvalue weighted by atomic mass is 10.1. The molecule has 0 amide bonds. The number of nitrogens with zero attached hydrogens (tertiary/aromatic N) is 4. The molecule has 1 fully saturated rings. The molecule has 0 spiro atoms.